The summed E-state index contributed by atoms with van der Waals surface area (Å²) in [6, 6.07) is 17.2. The molecular formula is C18H21N3. The topological polar surface area (TPSA) is 36.4 Å². The molecule has 1 heterocycles. The molecule has 2 N–H and O–H groups in total. The quantitative estimate of drug-likeness (QED) is 0.905. The first-order chi connectivity index (χ1) is 10.3. The van der Waals surface area contributed by atoms with Crippen LogP contribution in [0, 0.1) is 6.92 Å². The van der Waals surface area contributed by atoms with Gasteiger partial charge in [-0.2, -0.15) is 0 Å². The lowest BCUT2D eigenvalue weighted by Crippen LogP contribution is -2.40. The summed E-state index contributed by atoms with van der Waals surface area (Å²) < 4.78 is 0. The highest BCUT2D eigenvalue weighted by Gasteiger charge is 2.05. The van der Waals surface area contributed by atoms with Crippen molar-refractivity contribution in [3.05, 3.63) is 59.7 Å². The maximum Gasteiger partial charge on any atom is 0.191 e. The molecular weight excluding hydrogens is 258 g/mol. The third kappa shape index (κ3) is 3.43. The van der Waals surface area contributed by atoms with Gasteiger partial charge in [0.1, 0.15) is 0 Å². The SMILES string of the molecule is Cc1cc(CNC2=NCCCN2)ccc1-c1ccccc1. The van der Waals surface area contributed by atoms with Gasteiger partial charge >= 0.3 is 0 Å². The maximum absolute atomic E-state index is 4.43. The van der Waals surface area contributed by atoms with Gasteiger partial charge in [0.15, 0.2) is 5.96 Å². The summed E-state index contributed by atoms with van der Waals surface area (Å²) in [7, 11) is 0. The molecule has 0 spiro atoms. The molecule has 0 saturated carbocycles. The van der Waals surface area contributed by atoms with Crippen molar-refractivity contribution in [2.45, 2.75) is 19.9 Å². The summed E-state index contributed by atoms with van der Waals surface area (Å²) in [6.45, 7) is 4.91. The summed E-state index contributed by atoms with van der Waals surface area (Å²) in [5, 5.41) is 6.64. The number of hydrogen-bond donors (Lipinski definition) is 2. The van der Waals surface area contributed by atoms with E-state index in [1.54, 1.807) is 0 Å². The number of guanidine groups is 1. The first-order valence-electron chi connectivity index (χ1n) is 7.50. The summed E-state index contributed by atoms with van der Waals surface area (Å²) in [6.07, 6.45) is 1.12. The molecule has 0 bridgehead atoms. The van der Waals surface area contributed by atoms with Crippen molar-refractivity contribution in [2.75, 3.05) is 13.1 Å². The Balaban J connectivity index is 1.71. The lowest BCUT2D eigenvalue weighted by atomic mass is 9.98. The number of benzene rings is 2. The van der Waals surface area contributed by atoms with Crippen LogP contribution in [0.3, 0.4) is 0 Å². The molecule has 2 aromatic rings. The van der Waals surface area contributed by atoms with E-state index in [1.807, 2.05) is 0 Å². The van der Waals surface area contributed by atoms with Crippen molar-refractivity contribution < 1.29 is 0 Å². The van der Waals surface area contributed by atoms with Gasteiger partial charge in [-0.15, -0.1) is 0 Å². The Morgan fingerprint density at radius 1 is 1.14 bits per heavy atom. The molecule has 3 nitrogen and oxygen atoms in total. The Hall–Kier alpha value is -2.29. The number of hydrogen-bond acceptors (Lipinski definition) is 3. The van der Waals surface area contributed by atoms with Crippen molar-refractivity contribution >= 4 is 5.96 Å². The molecule has 0 saturated heterocycles. The van der Waals surface area contributed by atoms with Crippen molar-refractivity contribution in [1.82, 2.24) is 10.6 Å². The molecule has 1 aliphatic heterocycles. The van der Waals surface area contributed by atoms with Crippen molar-refractivity contribution in [3.63, 3.8) is 0 Å². The first kappa shape index (κ1) is 13.7. The fraction of sp³-hybridized carbons (Fsp3) is 0.278. The fourth-order valence-electron chi connectivity index (χ4n) is 2.61. The van der Waals surface area contributed by atoms with Crippen LogP contribution in [-0.4, -0.2) is 19.0 Å². The lowest BCUT2D eigenvalue weighted by molar-refractivity contribution is 0.702. The maximum atomic E-state index is 4.43. The van der Waals surface area contributed by atoms with E-state index in [-0.39, 0.29) is 0 Å². The van der Waals surface area contributed by atoms with E-state index < -0.39 is 0 Å². The zero-order valence-corrected chi connectivity index (χ0v) is 12.4. The fourth-order valence-corrected chi connectivity index (χ4v) is 2.61. The van der Waals surface area contributed by atoms with Gasteiger partial charge in [0.2, 0.25) is 0 Å². The van der Waals surface area contributed by atoms with E-state index in [1.165, 1.54) is 22.3 Å². The molecule has 0 unspecified atom stereocenters. The predicted molar refractivity (Wildman–Crippen MR) is 88.4 cm³/mol. The number of aliphatic imine (C=N–C) groups is 1. The molecule has 0 atom stereocenters. The highest BCUT2D eigenvalue weighted by atomic mass is 15.2. The minimum absolute atomic E-state index is 0.807. The second-order valence-electron chi connectivity index (χ2n) is 5.38. The third-order valence-corrected chi connectivity index (χ3v) is 3.73. The van der Waals surface area contributed by atoms with Gasteiger partial charge in [-0.25, -0.2) is 0 Å². The Morgan fingerprint density at radius 3 is 2.71 bits per heavy atom. The molecule has 0 amide bonds. The predicted octanol–water partition coefficient (Wildman–Crippen LogP) is 3.10. The summed E-state index contributed by atoms with van der Waals surface area (Å²) >= 11 is 0. The molecule has 0 fully saturated rings. The average molecular weight is 279 g/mol. The first-order valence-corrected chi connectivity index (χ1v) is 7.50. The van der Waals surface area contributed by atoms with Crippen LogP contribution in [0.2, 0.25) is 0 Å². The van der Waals surface area contributed by atoms with E-state index >= 15 is 0 Å². The van der Waals surface area contributed by atoms with E-state index in [9.17, 15) is 0 Å². The Labute approximate surface area is 126 Å². The van der Waals surface area contributed by atoms with Crippen LogP contribution in [0.1, 0.15) is 17.5 Å². The van der Waals surface area contributed by atoms with Crippen LogP contribution in [0.4, 0.5) is 0 Å². The Morgan fingerprint density at radius 2 is 2.00 bits per heavy atom. The second kappa shape index (κ2) is 6.44. The van der Waals surface area contributed by atoms with Gasteiger partial charge in [0.25, 0.3) is 0 Å². The molecule has 108 valence electrons. The van der Waals surface area contributed by atoms with Crippen LogP contribution in [0.5, 0.6) is 0 Å². The summed E-state index contributed by atoms with van der Waals surface area (Å²) in [4.78, 5) is 4.43. The summed E-state index contributed by atoms with van der Waals surface area (Å²) in [5.41, 5.74) is 5.15. The monoisotopic (exact) mass is 279 g/mol. The van der Waals surface area contributed by atoms with Gasteiger partial charge in [-0.05, 0) is 35.6 Å². The minimum Gasteiger partial charge on any atom is -0.356 e. The zero-order valence-electron chi connectivity index (χ0n) is 12.4. The van der Waals surface area contributed by atoms with Crippen LogP contribution in [0.15, 0.2) is 53.5 Å². The number of nitrogens with zero attached hydrogens (tertiary/aromatic N) is 1. The lowest BCUT2D eigenvalue weighted by Gasteiger charge is -2.16. The van der Waals surface area contributed by atoms with Crippen LogP contribution < -0.4 is 10.6 Å². The number of rotatable bonds is 3. The molecule has 0 aromatic heterocycles. The van der Waals surface area contributed by atoms with Crippen LogP contribution in [0.25, 0.3) is 11.1 Å². The van der Waals surface area contributed by atoms with Gasteiger partial charge in [-0.1, -0.05) is 48.5 Å². The molecule has 2 aromatic carbocycles. The largest absolute Gasteiger partial charge is 0.356 e. The molecule has 3 heteroatoms. The standard InChI is InChI=1S/C18H21N3/c1-14-12-15(13-21-18-19-10-5-11-20-18)8-9-17(14)16-6-3-2-4-7-16/h2-4,6-9,12H,5,10-11,13H2,1H3,(H2,19,20,21). The molecule has 1 aliphatic rings. The molecule has 0 aliphatic carbocycles. The zero-order chi connectivity index (χ0) is 14.5. The van der Waals surface area contributed by atoms with E-state index in [0.29, 0.717) is 0 Å². The number of nitrogens with one attached hydrogen (secondary N) is 2. The minimum atomic E-state index is 0.807. The van der Waals surface area contributed by atoms with Crippen molar-refractivity contribution in [1.29, 1.82) is 0 Å². The summed E-state index contributed by atoms with van der Waals surface area (Å²) in [5.74, 6) is 0.922. The molecule has 0 radical (unpaired) electrons. The van der Waals surface area contributed by atoms with E-state index in [0.717, 1.165) is 32.0 Å². The molecule has 3 rings (SSSR count). The van der Waals surface area contributed by atoms with Crippen LogP contribution in [-0.2, 0) is 6.54 Å². The van der Waals surface area contributed by atoms with Crippen molar-refractivity contribution in [3.8, 4) is 11.1 Å². The highest BCUT2D eigenvalue weighted by molar-refractivity contribution is 5.80. The normalized spacial score (nSPS) is 14.2. The van der Waals surface area contributed by atoms with Gasteiger partial charge < -0.3 is 10.6 Å². The Kier molecular flexibility index (Phi) is 4.20. The number of aryl methyl sites for hydroxylation is 1. The third-order valence-electron chi connectivity index (χ3n) is 3.73. The second-order valence-corrected chi connectivity index (χ2v) is 5.38. The average Bonchev–Trinajstić information content (AvgIpc) is 2.55. The van der Waals surface area contributed by atoms with Gasteiger partial charge in [0.05, 0.1) is 0 Å². The van der Waals surface area contributed by atoms with E-state index in [2.05, 4.69) is 71.1 Å². The van der Waals surface area contributed by atoms with Crippen LogP contribution >= 0.6 is 0 Å². The van der Waals surface area contributed by atoms with Crippen molar-refractivity contribution in [2.24, 2.45) is 4.99 Å². The highest BCUT2D eigenvalue weighted by Crippen LogP contribution is 2.23. The van der Waals surface area contributed by atoms with Gasteiger partial charge in [0, 0.05) is 19.6 Å². The smallest absolute Gasteiger partial charge is 0.191 e. The Bertz CT molecular complexity index is 632. The molecule has 21 heavy (non-hydrogen) atoms. The van der Waals surface area contributed by atoms with Gasteiger partial charge in [-0.3, -0.25) is 4.99 Å². The van der Waals surface area contributed by atoms with E-state index in [4.69, 9.17) is 0 Å².